The van der Waals surface area contributed by atoms with Gasteiger partial charge in [-0.15, -0.1) is 0 Å². The van der Waals surface area contributed by atoms with E-state index in [4.69, 9.17) is 0 Å². The molecule has 1 aromatic carbocycles. The van der Waals surface area contributed by atoms with E-state index >= 15 is 0 Å². The minimum absolute atomic E-state index is 0.574. The van der Waals surface area contributed by atoms with Crippen LogP contribution in [0.4, 0.5) is 11.6 Å². The van der Waals surface area contributed by atoms with Gasteiger partial charge in [-0.05, 0) is 44.6 Å². The normalized spacial score (nSPS) is 18.4. The van der Waals surface area contributed by atoms with Crippen molar-refractivity contribution in [2.45, 2.75) is 25.3 Å². The first-order chi connectivity index (χ1) is 11.6. The van der Waals surface area contributed by atoms with Crippen LogP contribution in [0.25, 0.3) is 11.3 Å². The van der Waals surface area contributed by atoms with E-state index in [0.29, 0.717) is 12.0 Å². The summed E-state index contributed by atoms with van der Waals surface area (Å²) in [6.45, 7) is 2.09. The van der Waals surface area contributed by atoms with E-state index in [0.717, 1.165) is 17.8 Å². The van der Waals surface area contributed by atoms with E-state index < -0.39 is 0 Å². The van der Waals surface area contributed by atoms with Crippen molar-refractivity contribution in [3.05, 3.63) is 36.5 Å². The summed E-state index contributed by atoms with van der Waals surface area (Å²) in [4.78, 5) is 13.6. The first-order valence-electron chi connectivity index (χ1n) is 8.68. The molecule has 24 heavy (non-hydrogen) atoms. The predicted molar refractivity (Wildman–Crippen MR) is 101 cm³/mol. The zero-order valence-electron chi connectivity index (χ0n) is 14.9. The fourth-order valence-electron chi connectivity index (χ4n) is 3.15. The summed E-state index contributed by atoms with van der Waals surface area (Å²) in [5.74, 6) is 0.711. The summed E-state index contributed by atoms with van der Waals surface area (Å²) in [5.41, 5.74) is 3.25. The average molecular weight is 325 g/mol. The molecule has 1 fully saturated rings. The number of piperidine rings is 1. The van der Waals surface area contributed by atoms with Crippen molar-refractivity contribution in [1.29, 1.82) is 0 Å². The smallest absolute Gasteiger partial charge is 0.223 e. The molecule has 1 aliphatic rings. The van der Waals surface area contributed by atoms with Crippen LogP contribution in [0.3, 0.4) is 0 Å². The van der Waals surface area contributed by atoms with Gasteiger partial charge in [0.1, 0.15) is 0 Å². The van der Waals surface area contributed by atoms with Gasteiger partial charge < -0.3 is 15.1 Å². The van der Waals surface area contributed by atoms with Gasteiger partial charge in [0.2, 0.25) is 5.95 Å². The monoisotopic (exact) mass is 325 g/mol. The zero-order chi connectivity index (χ0) is 16.9. The van der Waals surface area contributed by atoms with Crippen LogP contribution in [0.1, 0.15) is 19.3 Å². The van der Waals surface area contributed by atoms with Crippen molar-refractivity contribution >= 4 is 11.6 Å². The number of nitrogens with one attached hydrogen (secondary N) is 1. The topological polar surface area (TPSA) is 44.3 Å². The molecule has 0 spiro atoms. The number of likely N-dealkylation sites (tertiary alicyclic amines) is 1. The summed E-state index contributed by atoms with van der Waals surface area (Å²) in [7, 11) is 6.29. The van der Waals surface area contributed by atoms with E-state index in [-0.39, 0.29) is 0 Å². The second-order valence-corrected chi connectivity index (χ2v) is 6.72. The van der Waals surface area contributed by atoms with Crippen molar-refractivity contribution in [2.24, 2.45) is 0 Å². The summed E-state index contributed by atoms with van der Waals surface area (Å²) in [6.07, 6.45) is 5.70. The van der Waals surface area contributed by atoms with Gasteiger partial charge in [0.05, 0.1) is 5.69 Å². The SMILES string of the molecule is CN(C)c1ccc(-c2ccnc(NCC3CCCCN3C)n2)cc1. The summed E-state index contributed by atoms with van der Waals surface area (Å²) in [6, 6.07) is 11.0. The van der Waals surface area contributed by atoms with E-state index in [2.05, 4.69) is 56.4 Å². The van der Waals surface area contributed by atoms with Gasteiger partial charge in [0.15, 0.2) is 0 Å². The fraction of sp³-hybridized carbons (Fsp3) is 0.474. The van der Waals surface area contributed by atoms with Gasteiger partial charge >= 0.3 is 0 Å². The maximum Gasteiger partial charge on any atom is 0.223 e. The lowest BCUT2D eigenvalue weighted by Crippen LogP contribution is -2.40. The lowest BCUT2D eigenvalue weighted by Gasteiger charge is -2.32. The molecule has 0 bridgehead atoms. The van der Waals surface area contributed by atoms with Crippen LogP contribution in [-0.2, 0) is 0 Å². The fourth-order valence-corrected chi connectivity index (χ4v) is 3.15. The van der Waals surface area contributed by atoms with Crippen molar-refractivity contribution in [2.75, 3.05) is 44.4 Å². The molecule has 1 N–H and O–H groups in total. The number of benzene rings is 1. The molecule has 1 aromatic heterocycles. The third kappa shape index (κ3) is 4.03. The van der Waals surface area contributed by atoms with Crippen molar-refractivity contribution in [1.82, 2.24) is 14.9 Å². The number of aromatic nitrogens is 2. The molecule has 1 saturated heterocycles. The van der Waals surface area contributed by atoms with Crippen molar-refractivity contribution < 1.29 is 0 Å². The van der Waals surface area contributed by atoms with E-state index in [9.17, 15) is 0 Å². The van der Waals surface area contributed by atoms with Gasteiger partial charge in [0.25, 0.3) is 0 Å². The van der Waals surface area contributed by atoms with Gasteiger partial charge in [-0.1, -0.05) is 18.6 Å². The van der Waals surface area contributed by atoms with Crippen LogP contribution in [0.2, 0.25) is 0 Å². The minimum Gasteiger partial charge on any atom is -0.378 e. The maximum absolute atomic E-state index is 4.67. The zero-order valence-corrected chi connectivity index (χ0v) is 14.9. The average Bonchev–Trinajstić information content (AvgIpc) is 2.61. The number of rotatable bonds is 5. The quantitative estimate of drug-likeness (QED) is 0.915. The first-order valence-corrected chi connectivity index (χ1v) is 8.68. The Balaban J connectivity index is 1.67. The highest BCUT2D eigenvalue weighted by Gasteiger charge is 2.18. The molecule has 1 unspecified atom stereocenters. The molecule has 0 saturated carbocycles. The van der Waals surface area contributed by atoms with Gasteiger partial charge in [-0.25, -0.2) is 9.97 Å². The van der Waals surface area contributed by atoms with Crippen LogP contribution in [-0.4, -0.2) is 55.1 Å². The number of likely N-dealkylation sites (N-methyl/N-ethyl adjacent to an activating group) is 1. The van der Waals surface area contributed by atoms with Crippen LogP contribution < -0.4 is 10.2 Å². The Labute approximate surface area is 144 Å². The predicted octanol–water partition coefficient (Wildman–Crippen LogP) is 3.11. The van der Waals surface area contributed by atoms with Gasteiger partial charge in [0, 0.05) is 44.1 Å². The summed E-state index contributed by atoms with van der Waals surface area (Å²) in [5, 5.41) is 3.41. The van der Waals surface area contributed by atoms with Crippen molar-refractivity contribution in [3.8, 4) is 11.3 Å². The Morgan fingerprint density at radius 1 is 1.17 bits per heavy atom. The highest BCUT2D eigenvalue weighted by atomic mass is 15.2. The molecular formula is C19H27N5. The molecule has 0 aliphatic carbocycles. The second kappa shape index (κ2) is 7.62. The van der Waals surface area contributed by atoms with Gasteiger partial charge in [-0.2, -0.15) is 0 Å². The van der Waals surface area contributed by atoms with E-state index in [1.807, 2.05) is 26.4 Å². The summed E-state index contributed by atoms with van der Waals surface area (Å²) < 4.78 is 0. The van der Waals surface area contributed by atoms with Crippen molar-refractivity contribution in [3.63, 3.8) is 0 Å². The molecule has 128 valence electrons. The minimum atomic E-state index is 0.574. The maximum atomic E-state index is 4.67. The molecule has 2 aromatic rings. The molecule has 2 heterocycles. The van der Waals surface area contributed by atoms with E-state index in [1.54, 1.807) is 0 Å². The molecule has 3 rings (SSSR count). The van der Waals surface area contributed by atoms with Crippen LogP contribution in [0, 0.1) is 0 Å². The highest BCUT2D eigenvalue weighted by Crippen LogP contribution is 2.21. The molecule has 0 radical (unpaired) electrons. The second-order valence-electron chi connectivity index (χ2n) is 6.72. The Bertz CT molecular complexity index is 653. The standard InChI is InChI=1S/C19H27N5/c1-23(2)16-9-7-15(8-10-16)18-11-12-20-19(22-18)21-14-17-6-4-5-13-24(17)3/h7-12,17H,4-6,13-14H2,1-3H3,(H,20,21,22). The molecule has 5 heteroatoms. The molecule has 5 nitrogen and oxygen atoms in total. The van der Waals surface area contributed by atoms with Crippen LogP contribution in [0.5, 0.6) is 0 Å². The van der Waals surface area contributed by atoms with Gasteiger partial charge in [-0.3, -0.25) is 0 Å². The Kier molecular flexibility index (Phi) is 5.30. The molecule has 1 atom stereocenters. The molecule has 1 aliphatic heterocycles. The Hall–Kier alpha value is -2.14. The Morgan fingerprint density at radius 3 is 2.67 bits per heavy atom. The largest absolute Gasteiger partial charge is 0.378 e. The molecule has 0 amide bonds. The number of hydrogen-bond acceptors (Lipinski definition) is 5. The summed E-state index contributed by atoms with van der Waals surface area (Å²) >= 11 is 0. The van der Waals surface area contributed by atoms with Crippen LogP contribution >= 0.6 is 0 Å². The molecular weight excluding hydrogens is 298 g/mol. The lowest BCUT2D eigenvalue weighted by molar-refractivity contribution is 0.194. The lowest BCUT2D eigenvalue weighted by atomic mass is 10.0. The number of anilines is 2. The third-order valence-corrected chi connectivity index (χ3v) is 4.75. The Morgan fingerprint density at radius 2 is 1.96 bits per heavy atom. The highest BCUT2D eigenvalue weighted by molar-refractivity contribution is 5.63. The van der Waals surface area contributed by atoms with Crippen LogP contribution in [0.15, 0.2) is 36.5 Å². The first kappa shape index (κ1) is 16.7. The number of hydrogen-bond donors (Lipinski definition) is 1. The van der Waals surface area contributed by atoms with E-state index in [1.165, 1.54) is 31.5 Å². The third-order valence-electron chi connectivity index (χ3n) is 4.75. The number of nitrogens with zero attached hydrogens (tertiary/aromatic N) is 4.